The molecule has 34 heteroatoms. The van der Waals surface area contributed by atoms with E-state index in [1.54, 1.807) is 83.3 Å². The SMILES string of the molecule is COCCOCCOCCOCCN(Cc1ccccc1C(=O)Nc1nc2c(ncn2[C@@H]2O[C@@H]3COP(O)(=S)O[C@H]4C[C@H](Oc5ccncn5)C[C@@H]4COP(=O)(S)O[C@@H]2[C@@H]3O)c(=O)[nH]1)C(=O)OCc1ccc(CC(=O)[C@H](C)NC(=O)[C@@H](CC(=O)OC(C)(C)C)C(C)C)cc1. The van der Waals surface area contributed by atoms with E-state index in [1.165, 1.54) is 28.1 Å². The second kappa shape index (κ2) is 34.2. The summed E-state index contributed by atoms with van der Waals surface area (Å²) < 4.78 is 84.0. The van der Waals surface area contributed by atoms with Gasteiger partial charge in [0.05, 0.1) is 90.3 Å². The minimum Gasteiger partial charge on any atom is -0.474 e. The predicted octanol–water partition coefficient (Wildman–Crippen LogP) is 5.81. The standard InChI is InChI=1S/C60H81N9O21P2S2/c1-36(2)44(29-49(71)88-60(4,5)6)55(74)64-37(3)45(70)26-38-12-14-39(15-13-38)31-83-59(76)68(18-19-80-22-23-82-25-24-81-21-20-79-7)30-40-10-8-9-11-43(40)54(73)66-58-65-53-50(56(75)67-58)63-35-69(53)57-52-51(72)47(87-57)33-85-91(77,93)89-46-28-42(86-48-16-17-61-34-62-48)27-41(46)32-84-92(78,94)90-52/h8-17,34-37,41-42,44,46-47,51-52,57,72H,18-33H2,1-7H3,(H,64,74)(H,77,93)(H,78,94)(H2,65,66,67,73,75)/t37-,41+,42+,44-,46-,47+,51+,52+,57+,91?,92?/m0/s1. The third-order valence-corrected chi connectivity index (χ3v) is 18.4. The van der Waals surface area contributed by atoms with Crippen molar-refractivity contribution >= 4 is 84.3 Å². The summed E-state index contributed by atoms with van der Waals surface area (Å²) in [6.45, 7) is 2.84. The lowest BCUT2D eigenvalue weighted by Gasteiger charge is -2.27. The van der Waals surface area contributed by atoms with E-state index in [9.17, 15) is 43.3 Å². The van der Waals surface area contributed by atoms with Gasteiger partial charge in [-0.05, 0) is 74.6 Å². The molecule has 1 saturated carbocycles. The summed E-state index contributed by atoms with van der Waals surface area (Å²) in [6.07, 6.45) is -3.70. The van der Waals surface area contributed by atoms with Gasteiger partial charge in [0.25, 0.3) is 11.5 Å². The number of aliphatic hydroxyl groups is 1. The van der Waals surface area contributed by atoms with Crippen LogP contribution in [0.4, 0.5) is 10.7 Å². The summed E-state index contributed by atoms with van der Waals surface area (Å²) in [7, 11) is 1.58. The number of esters is 1. The number of thiol groups is 1. The van der Waals surface area contributed by atoms with Crippen molar-refractivity contribution in [3.8, 4) is 5.88 Å². The average molecular weight is 1390 g/mol. The van der Waals surface area contributed by atoms with Crippen molar-refractivity contribution in [2.75, 3.05) is 78.4 Å². The van der Waals surface area contributed by atoms with Crippen molar-refractivity contribution < 1.29 is 94.5 Å². The van der Waals surface area contributed by atoms with Crippen LogP contribution in [0, 0.1) is 17.8 Å². The van der Waals surface area contributed by atoms with Crippen LogP contribution < -0.4 is 20.9 Å². The topological polar surface area (TPSA) is 370 Å². The van der Waals surface area contributed by atoms with Gasteiger partial charge >= 0.3 is 25.6 Å². The minimum atomic E-state index is -4.39. The van der Waals surface area contributed by atoms with Crippen LogP contribution in [0.5, 0.6) is 5.88 Å². The Morgan fingerprint density at radius 1 is 0.904 bits per heavy atom. The number of Topliss-reactive ketones (excluding diaryl/α,β-unsaturated/α-hetero) is 1. The number of aliphatic hydroxyl groups excluding tert-OH is 1. The third kappa shape index (κ3) is 21.7. The highest BCUT2D eigenvalue weighted by molar-refractivity contribution is 8.44. The number of H-pyrrole nitrogens is 1. The number of nitrogens with zero attached hydrogens (tertiary/aromatic N) is 6. The number of rotatable bonds is 29. The second-order valence-electron chi connectivity index (χ2n) is 23.8. The molecule has 94 heavy (non-hydrogen) atoms. The van der Waals surface area contributed by atoms with Crippen molar-refractivity contribution in [3.63, 3.8) is 0 Å². The summed E-state index contributed by atoms with van der Waals surface area (Å²) in [5.41, 5.74) is -0.289. The molecule has 3 aromatic heterocycles. The zero-order valence-electron chi connectivity index (χ0n) is 53.1. The van der Waals surface area contributed by atoms with E-state index in [-0.39, 0.29) is 106 Å². The molecular weight excluding hydrogens is 1310 g/mol. The molecule has 2 bridgehead atoms. The molecule has 11 atom stereocenters. The molecule has 0 spiro atoms. The van der Waals surface area contributed by atoms with E-state index in [0.29, 0.717) is 49.0 Å². The summed E-state index contributed by atoms with van der Waals surface area (Å²) in [4.78, 5) is 113. The van der Waals surface area contributed by atoms with Crippen LogP contribution in [0.15, 0.2) is 78.2 Å². The Balaban J connectivity index is 0.930. The van der Waals surface area contributed by atoms with E-state index >= 15 is 0 Å². The molecule has 3 fully saturated rings. The van der Waals surface area contributed by atoms with Gasteiger partial charge in [0.15, 0.2) is 23.2 Å². The molecule has 5 N–H and O–H groups in total. The highest BCUT2D eigenvalue weighted by Crippen LogP contribution is 2.59. The maximum absolute atomic E-state index is 14.4. The molecule has 2 saturated heterocycles. The van der Waals surface area contributed by atoms with E-state index < -0.39 is 110 Å². The molecule has 514 valence electrons. The maximum atomic E-state index is 14.4. The molecule has 30 nitrogen and oxygen atoms in total. The van der Waals surface area contributed by atoms with Crippen LogP contribution in [0.1, 0.15) is 94.1 Å². The van der Waals surface area contributed by atoms with Crippen molar-refractivity contribution in [2.24, 2.45) is 17.8 Å². The number of anilines is 1. The molecular formula is C60H81N9O21P2S2. The van der Waals surface area contributed by atoms with Gasteiger partial charge in [-0.15, -0.1) is 0 Å². The molecule has 2 aromatic carbocycles. The van der Waals surface area contributed by atoms with Crippen molar-refractivity contribution in [1.82, 2.24) is 39.7 Å². The number of ether oxygens (including phenoxy) is 8. The highest BCUT2D eigenvalue weighted by Gasteiger charge is 2.51. The first-order valence-electron chi connectivity index (χ1n) is 30.5. The van der Waals surface area contributed by atoms with Gasteiger partial charge in [0.2, 0.25) is 17.7 Å². The fourth-order valence-corrected chi connectivity index (χ4v) is 13.4. The van der Waals surface area contributed by atoms with Crippen molar-refractivity contribution in [3.05, 3.63) is 106 Å². The van der Waals surface area contributed by atoms with Crippen LogP contribution >= 0.6 is 25.8 Å². The largest absolute Gasteiger partial charge is 0.474 e. The molecule has 8 rings (SSSR count). The van der Waals surface area contributed by atoms with Crippen LogP contribution in [-0.2, 0) is 102 Å². The van der Waals surface area contributed by atoms with Gasteiger partial charge in [0, 0.05) is 56.8 Å². The van der Waals surface area contributed by atoms with E-state index in [2.05, 4.69) is 47.8 Å². The number of amides is 3. The molecule has 2 unspecified atom stereocenters. The molecule has 2 aliphatic heterocycles. The number of methoxy groups -OCH3 is 1. The molecule has 1 aliphatic carbocycles. The number of fused-ring (bicyclic) bond motifs is 4. The highest BCUT2D eigenvalue weighted by atomic mass is 32.7. The van der Waals surface area contributed by atoms with Gasteiger partial charge in [-0.2, -0.15) is 4.98 Å². The van der Waals surface area contributed by atoms with Crippen molar-refractivity contribution in [1.29, 1.82) is 0 Å². The zero-order chi connectivity index (χ0) is 67.7. The van der Waals surface area contributed by atoms with Gasteiger partial charge in [-0.25, -0.2) is 24.3 Å². The summed E-state index contributed by atoms with van der Waals surface area (Å²) in [5.74, 6) is -3.49. The number of hydrogen-bond donors (Lipinski definition) is 6. The van der Waals surface area contributed by atoms with Crippen LogP contribution in [0.3, 0.4) is 0 Å². The van der Waals surface area contributed by atoms with Gasteiger partial charge in [-0.3, -0.25) is 43.4 Å². The Bertz CT molecular complexity index is 3530. The first-order chi connectivity index (χ1) is 44.7. The Morgan fingerprint density at radius 2 is 1.61 bits per heavy atom. The monoisotopic (exact) mass is 1390 g/mol. The number of carbonyl (C=O) groups is 5. The zero-order valence-corrected chi connectivity index (χ0v) is 56.6. The number of ketones is 1. The molecule has 5 heterocycles. The number of carbonyl (C=O) groups excluding carboxylic acids is 5. The van der Waals surface area contributed by atoms with E-state index in [1.807, 2.05) is 13.8 Å². The Morgan fingerprint density at radius 3 is 2.30 bits per heavy atom. The number of hydrogen-bond acceptors (Lipinski definition) is 25. The molecule has 5 aromatic rings. The van der Waals surface area contributed by atoms with Crippen LogP contribution in [-0.4, -0.2) is 189 Å². The van der Waals surface area contributed by atoms with Crippen molar-refractivity contribution in [2.45, 2.75) is 129 Å². The quantitative estimate of drug-likeness (QED) is 0.0142. The number of aromatic nitrogens is 6. The number of nitrogens with one attached hydrogen (secondary N) is 3. The summed E-state index contributed by atoms with van der Waals surface area (Å²) in [5, 5.41) is 17.1. The fourth-order valence-electron chi connectivity index (χ4n) is 10.4. The van der Waals surface area contributed by atoms with Gasteiger partial charge in [-0.1, -0.05) is 68.6 Å². The van der Waals surface area contributed by atoms with Gasteiger partial charge < -0.3 is 71.7 Å². The molecule has 0 radical (unpaired) electrons. The second-order valence-corrected chi connectivity index (χ2v) is 29.5. The smallest absolute Gasteiger partial charge is 0.410 e. The normalized spacial score (nSPS) is 23.8. The third-order valence-electron chi connectivity index (χ3n) is 15.2. The Kier molecular flexibility index (Phi) is 26.7. The maximum Gasteiger partial charge on any atom is 0.410 e. The van der Waals surface area contributed by atoms with E-state index in [0.717, 1.165) is 6.33 Å². The molecule has 3 aliphatic rings. The lowest BCUT2D eigenvalue weighted by Crippen LogP contribution is -2.44. The predicted molar refractivity (Wildman–Crippen MR) is 343 cm³/mol. The van der Waals surface area contributed by atoms with Crippen LogP contribution in [0.25, 0.3) is 11.2 Å². The first-order valence-corrected chi connectivity index (χ1v) is 35.7. The number of aromatic amines is 1. The lowest BCUT2D eigenvalue weighted by atomic mass is 9.91. The Labute approximate surface area is 553 Å². The van der Waals surface area contributed by atoms with Crippen LogP contribution in [0.2, 0.25) is 0 Å². The number of benzene rings is 2. The van der Waals surface area contributed by atoms with Gasteiger partial charge in [0.1, 0.15) is 43.0 Å². The lowest BCUT2D eigenvalue weighted by molar-refractivity contribution is -0.158. The fraction of sp³-hybridized carbons (Fsp3) is 0.567. The average Bonchev–Trinajstić information content (AvgIpc) is 1.60. The molecule has 3 amide bonds. The minimum absolute atomic E-state index is 0.00444. The summed E-state index contributed by atoms with van der Waals surface area (Å²) in [6, 6.07) is 13.9. The summed E-state index contributed by atoms with van der Waals surface area (Å²) >= 11 is 9.67. The Hall–Kier alpha value is -6.19. The first kappa shape index (κ1) is 73.6. The van der Waals surface area contributed by atoms with E-state index in [4.69, 9.17) is 67.8 Å². The number of imidazole rings is 1.